The van der Waals surface area contributed by atoms with Crippen molar-refractivity contribution in [1.29, 1.82) is 0 Å². The predicted molar refractivity (Wildman–Crippen MR) is 399 cm³/mol. The number of aliphatic hydroxyl groups is 4. The molecular weight excluding hydrogens is 1460 g/mol. The molecule has 0 spiro atoms. The van der Waals surface area contributed by atoms with Crippen molar-refractivity contribution in [2.75, 3.05) is 34.3 Å². The summed E-state index contributed by atoms with van der Waals surface area (Å²) in [4.78, 5) is 241. The number of methoxy groups -OCH3 is 1. The molecule has 1 aliphatic heterocycles. The van der Waals surface area contributed by atoms with Gasteiger partial charge in [0.2, 0.25) is 88.6 Å². The van der Waals surface area contributed by atoms with Crippen LogP contribution in [0.15, 0.2) is 0 Å². The van der Waals surface area contributed by atoms with Gasteiger partial charge in [0.25, 0.3) is 5.91 Å². The molecule has 1 rings (SSSR count). The standard InChI is InChI=1S/C71H125N17O23/c1-19-33(8)27-34(9)54(93)37(12)60(98)81-44(29-77-40(15)90)62(100)82-49(32(6)7)55(94)56(95)68(106)83-50(35(10)36(11)58(75)96)64(102)85-52-39(14)111-71(109)46(26-31(4)5)88(17)70(108)43(28-48(74)92)80-67(105)53(57(110-18)59(76)97)86-63(101)45(22-23-47(73)91)87(16)69(107)42(25-30(2)3)79-61(99)41(21-20-24-72)78-65(103)51(38(13)89)84-66(52)104/h30-39,41-46,49-57,89,93-95H,19-29,72H2,1-18H3,(H2,73,91)(H2,74,92)(H2,75,96)(H2,76,97)(H,77,90)(H,78,103)(H,79,99)(H,80,105)(H,81,98)(H,82,100)(H,83,106)(H,84,104)(H,85,102)(H,86,101). The second-order valence-corrected chi connectivity index (χ2v) is 30.1. The quantitative estimate of drug-likeness (QED) is 0.0257. The van der Waals surface area contributed by atoms with E-state index in [-0.39, 0.29) is 44.1 Å². The molecule has 1 saturated heterocycles. The molecule has 0 aromatic carbocycles. The summed E-state index contributed by atoms with van der Waals surface area (Å²) in [5.74, 6) is -26.5. The summed E-state index contributed by atoms with van der Waals surface area (Å²) in [6, 6.07) is -21.0. The van der Waals surface area contributed by atoms with E-state index in [1.807, 2.05) is 13.8 Å². The van der Waals surface area contributed by atoms with Gasteiger partial charge in [-0.25, -0.2) is 4.79 Å². The van der Waals surface area contributed by atoms with Gasteiger partial charge in [0, 0.05) is 47.0 Å². The molecule has 1 aliphatic rings. The molecule has 0 saturated carbocycles. The zero-order chi connectivity index (χ0) is 85.7. The molecule has 24 N–H and O–H groups in total. The molecule has 0 bridgehead atoms. The fourth-order valence-corrected chi connectivity index (χ4v) is 12.3. The second kappa shape index (κ2) is 47.2. The second-order valence-electron chi connectivity index (χ2n) is 30.1. The molecule has 40 heteroatoms. The van der Waals surface area contributed by atoms with Crippen LogP contribution in [0.3, 0.4) is 0 Å². The first kappa shape index (κ1) is 99.8. The average molecular weight is 1580 g/mol. The molecule has 16 amide bonds. The van der Waals surface area contributed by atoms with Gasteiger partial charge in [-0.15, -0.1) is 0 Å². The number of nitrogens with two attached hydrogens (primary N) is 5. The van der Waals surface area contributed by atoms with E-state index in [0.717, 1.165) is 53.3 Å². The number of ether oxygens (including phenoxy) is 2. The molecule has 1 fully saturated rings. The van der Waals surface area contributed by atoms with Gasteiger partial charge < -0.3 is 122 Å². The zero-order valence-electron chi connectivity index (χ0n) is 67.0. The fraction of sp³-hybridized carbons (Fsp3) is 0.761. The third-order valence-corrected chi connectivity index (χ3v) is 19.6. The molecule has 111 heavy (non-hydrogen) atoms. The summed E-state index contributed by atoms with van der Waals surface area (Å²) in [6.07, 6.45) is -13.9. The first-order valence-corrected chi connectivity index (χ1v) is 37.2. The minimum Gasteiger partial charge on any atom is -0.458 e. The summed E-state index contributed by atoms with van der Waals surface area (Å²) in [6.45, 7) is 21.5. The van der Waals surface area contributed by atoms with Crippen molar-refractivity contribution in [1.82, 2.24) is 63.0 Å². The van der Waals surface area contributed by atoms with Crippen LogP contribution in [-0.2, 0) is 91.0 Å². The van der Waals surface area contributed by atoms with Crippen LogP contribution < -0.4 is 81.8 Å². The lowest BCUT2D eigenvalue weighted by Gasteiger charge is -2.35. The Labute approximate surface area is 647 Å². The van der Waals surface area contributed by atoms with Crippen molar-refractivity contribution in [2.45, 2.75) is 265 Å². The van der Waals surface area contributed by atoms with Gasteiger partial charge in [-0.2, -0.15) is 0 Å². The Morgan fingerprint density at radius 3 is 1.63 bits per heavy atom. The summed E-state index contributed by atoms with van der Waals surface area (Å²) in [5, 5.41) is 69.9. The van der Waals surface area contributed by atoms with Crippen LogP contribution in [0.5, 0.6) is 0 Å². The van der Waals surface area contributed by atoms with Crippen LogP contribution in [0.2, 0.25) is 0 Å². The highest BCUT2D eigenvalue weighted by Crippen LogP contribution is 2.25. The fourth-order valence-electron chi connectivity index (χ4n) is 12.3. The van der Waals surface area contributed by atoms with Gasteiger partial charge in [0.15, 0.2) is 12.2 Å². The number of hydrogen-bond donors (Lipinski definition) is 19. The van der Waals surface area contributed by atoms with Crippen LogP contribution in [0.25, 0.3) is 0 Å². The van der Waals surface area contributed by atoms with Gasteiger partial charge in [0.05, 0.1) is 30.6 Å². The van der Waals surface area contributed by atoms with Crippen molar-refractivity contribution in [3.8, 4) is 0 Å². The number of hydrogen-bond acceptors (Lipinski definition) is 24. The predicted octanol–water partition coefficient (Wildman–Crippen LogP) is -6.86. The molecule has 40 nitrogen and oxygen atoms in total. The Hall–Kier alpha value is -9.25. The van der Waals surface area contributed by atoms with Crippen LogP contribution in [0.1, 0.15) is 162 Å². The largest absolute Gasteiger partial charge is 0.458 e. The van der Waals surface area contributed by atoms with Crippen LogP contribution in [0, 0.1) is 47.3 Å². The molecule has 0 radical (unpaired) electrons. The lowest BCUT2D eigenvalue weighted by molar-refractivity contribution is -0.162. The number of cyclic esters (lactones) is 1. The van der Waals surface area contributed by atoms with Crippen molar-refractivity contribution >= 4 is 100 Å². The van der Waals surface area contributed by atoms with Gasteiger partial charge >= 0.3 is 5.97 Å². The average Bonchev–Trinajstić information content (AvgIpc) is 1.36. The molecule has 0 aliphatic carbocycles. The van der Waals surface area contributed by atoms with E-state index in [1.165, 1.54) is 34.6 Å². The minimum atomic E-state index is -2.61. The number of rotatable bonds is 37. The molecule has 0 aromatic rings. The van der Waals surface area contributed by atoms with Gasteiger partial charge in [-0.3, -0.25) is 76.7 Å². The highest BCUT2D eigenvalue weighted by molar-refractivity contribution is 6.02. The van der Waals surface area contributed by atoms with E-state index in [4.69, 9.17) is 38.1 Å². The first-order chi connectivity index (χ1) is 51.4. The molecule has 1 heterocycles. The number of esters is 1. The van der Waals surface area contributed by atoms with E-state index in [9.17, 15) is 92.3 Å². The number of amides is 16. The summed E-state index contributed by atoms with van der Waals surface area (Å²) < 4.78 is 11.2. The Balaban J connectivity index is 4.50. The number of carbonyl (C=O) groups is 17. The van der Waals surface area contributed by atoms with Gasteiger partial charge in [0.1, 0.15) is 72.6 Å². The maximum atomic E-state index is 15.2. The summed E-state index contributed by atoms with van der Waals surface area (Å²) in [7, 11) is 3.01. The monoisotopic (exact) mass is 1580 g/mol. The third kappa shape index (κ3) is 31.4. The van der Waals surface area contributed by atoms with E-state index in [0.29, 0.717) is 11.3 Å². The summed E-state index contributed by atoms with van der Waals surface area (Å²) in [5.41, 5.74) is 28.4. The number of nitrogens with one attached hydrogen (secondary N) is 10. The number of aliphatic hydroxyl groups excluding tert-OH is 4. The highest BCUT2D eigenvalue weighted by atomic mass is 16.5. The van der Waals surface area contributed by atoms with Gasteiger partial charge in [-0.05, 0) is 94.4 Å². The zero-order valence-corrected chi connectivity index (χ0v) is 67.0. The van der Waals surface area contributed by atoms with Crippen LogP contribution in [0.4, 0.5) is 0 Å². The first-order valence-electron chi connectivity index (χ1n) is 37.2. The van der Waals surface area contributed by atoms with E-state index >= 15 is 9.59 Å². The molecule has 22 unspecified atom stereocenters. The lowest BCUT2D eigenvalue weighted by atomic mass is 9.85. The van der Waals surface area contributed by atoms with Crippen molar-refractivity contribution < 1.29 is 111 Å². The number of nitrogens with zero attached hydrogens (tertiary/aromatic N) is 2. The SMILES string of the molecule is CCC(C)CC(C)C(O)C(C)C(=O)NC(CNC(C)=O)C(=O)NC(C(C)C)C(O)C(O)C(=O)NC(C(=O)NC1C(=O)NC(C(C)O)C(=O)NC(CCCN)C(=O)NC(CC(C)C)C(=O)N(C)C(CCC(N)=O)C(=O)NC(C(OC)C(N)=O)C(=O)NC(CC(N)=O)C(=O)N(C)C(CC(C)C)C(=O)OC1C)C(C)C(C)C(N)=O. The Morgan fingerprint density at radius 1 is 0.595 bits per heavy atom. The Morgan fingerprint density at radius 2 is 1.14 bits per heavy atom. The smallest absolute Gasteiger partial charge is 0.329 e. The van der Waals surface area contributed by atoms with Crippen LogP contribution >= 0.6 is 0 Å². The topological polar surface area (TPSA) is 646 Å². The highest BCUT2D eigenvalue weighted by Gasteiger charge is 2.46. The molecular formula is C71H125N17O23. The number of likely N-dealkylation sites (N-methyl/N-ethyl adjacent to an activating group) is 2. The van der Waals surface area contributed by atoms with Crippen molar-refractivity contribution in [3.05, 3.63) is 0 Å². The Bertz CT molecular complexity index is 3230. The minimum absolute atomic E-state index is 0.00769. The Kier molecular flexibility index (Phi) is 42.4. The van der Waals surface area contributed by atoms with Gasteiger partial charge in [-0.1, -0.05) is 89.5 Å². The molecule has 22 atom stereocenters. The lowest BCUT2D eigenvalue weighted by Crippen LogP contribution is -2.65. The maximum absolute atomic E-state index is 15.2. The molecule has 632 valence electrons. The maximum Gasteiger partial charge on any atom is 0.329 e. The normalized spacial score (nSPS) is 24.0. The summed E-state index contributed by atoms with van der Waals surface area (Å²) >= 11 is 0. The van der Waals surface area contributed by atoms with Crippen molar-refractivity contribution in [2.24, 2.45) is 76.0 Å². The third-order valence-electron chi connectivity index (χ3n) is 19.6. The van der Waals surface area contributed by atoms with Crippen LogP contribution in [-0.4, -0.2) is 268 Å². The van der Waals surface area contributed by atoms with Crippen molar-refractivity contribution in [3.63, 3.8) is 0 Å². The van der Waals surface area contributed by atoms with E-state index < -0.39 is 265 Å². The number of primary amides is 4. The number of carbonyl (C=O) groups excluding carboxylic acids is 17. The molecule has 0 aromatic heterocycles. The van der Waals surface area contributed by atoms with E-state index in [2.05, 4.69) is 53.2 Å². The van der Waals surface area contributed by atoms with E-state index in [1.54, 1.807) is 34.6 Å².